The van der Waals surface area contributed by atoms with Crippen molar-refractivity contribution in [2.75, 3.05) is 26.1 Å². The number of ether oxygens (including phenoxy) is 3. The van der Waals surface area contributed by atoms with Crippen LogP contribution in [0, 0.1) is 5.82 Å². The number of hydrogen-bond donors (Lipinski definition) is 1. The monoisotopic (exact) mass is 441 g/mol. The molecule has 0 unspecified atom stereocenters. The molecule has 32 heavy (non-hydrogen) atoms. The third-order valence-electron chi connectivity index (χ3n) is 4.37. The van der Waals surface area contributed by atoms with E-state index in [1.165, 1.54) is 38.5 Å². The standard InChI is InChI=1S/C22H20FN3O6/c1-4-32-22(29)20-17(12-19(27)26(25-20)14-7-5-13(23)6-8-14)24-21(28)16-10-9-15(30-2)11-18(16)31-3/h5-12H,4H2,1-3H3,(H,24,28). The number of anilines is 1. The van der Waals surface area contributed by atoms with E-state index in [9.17, 15) is 18.8 Å². The smallest absolute Gasteiger partial charge is 0.360 e. The summed E-state index contributed by atoms with van der Waals surface area (Å²) in [7, 11) is 2.86. The highest BCUT2D eigenvalue weighted by Gasteiger charge is 2.22. The second-order valence-corrected chi connectivity index (χ2v) is 6.37. The molecule has 0 atom stereocenters. The fraction of sp³-hybridized carbons (Fsp3) is 0.182. The molecule has 0 aliphatic carbocycles. The van der Waals surface area contributed by atoms with Gasteiger partial charge in [-0.3, -0.25) is 9.59 Å². The summed E-state index contributed by atoms with van der Waals surface area (Å²) < 4.78 is 29.5. The number of halogens is 1. The van der Waals surface area contributed by atoms with E-state index in [2.05, 4.69) is 10.4 Å². The molecule has 9 nitrogen and oxygen atoms in total. The molecule has 0 saturated carbocycles. The Balaban J connectivity index is 2.04. The average Bonchev–Trinajstić information content (AvgIpc) is 2.79. The molecule has 0 aliphatic heterocycles. The van der Waals surface area contributed by atoms with Crippen molar-refractivity contribution in [2.24, 2.45) is 0 Å². The molecule has 1 N–H and O–H groups in total. The summed E-state index contributed by atoms with van der Waals surface area (Å²) in [4.78, 5) is 38.0. The van der Waals surface area contributed by atoms with Crippen molar-refractivity contribution in [1.29, 1.82) is 0 Å². The summed E-state index contributed by atoms with van der Waals surface area (Å²) in [5, 5.41) is 6.56. The van der Waals surface area contributed by atoms with Gasteiger partial charge in [0.05, 0.1) is 37.8 Å². The Labute approximate surface area is 182 Å². The number of carbonyl (C=O) groups excluding carboxylic acids is 2. The Kier molecular flexibility index (Phi) is 6.83. The van der Waals surface area contributed by atoms with Crippen molar-refractivity contribution in [3.8, 4) is 17.2 Å². The molecule has 3 rings (SSSR count). The van der Waals surface area contributed by atoms with Crippen LogP contribution in [0.3, 0.4) is 0 Å². The highest BCUT2D eigenvalue weighted by molar-refractivity contribution is 6.08. The summed E-state index contributed by atoms with van der Waals surface area (Å²) >= 11 is 0. The van der Waals surface area contributed by atoms with Gasteiger partial charge in [0.2, 0.25) is 0 Å². The number of esters is 1. The lowest BCUT2D eigenvalue weighted by Crippen LogP contribution is -2.27. The van der Waals surface area contributed by atoms with Crippen LogP contribution in [-0.2, 0) is 4.74 Å². The van der Waals surface area contributed by atoms with E-state index in [0.29, 0.717) is 5.75 Å². The van der Waals surface area contributed by atoms with E-state index >= 15 is 0 Å². The molecule has 3 aromatic rings. The van der Waals surface area contributed by atoms with E-state index in [1.807, 2.05) is 0 Å². The fourth-order valence-electron chi connectivity index (χ4n) is 2.84. The number of hydrogen-bond acceptors (Lipinski definition) is 7. The Bertz CT molecular complexity index is 1210. The number of nitrogens with zero attached hydrogens (tertiary/aromatic N) is 2. The molecule has 0 spiro atoms. The van der Waals surface area contributed by atoms with Crippen LogP contribution in [0.15, 0.2) is 53.3 Å². The lowest BCUT2D eigenvalue weighted by molar-refractivity contribution is 0.0518. The van der Waals surface area contributed by atoms with Crippen molar-refractivity contribution < 1.29 is 28.2 Å². The maximum absolute atomic E-state index is 13.2. The first kappa shape index (κ1) is 22.5. The van der Waals surface area contributed by atoms with Gasteiger partial charge in [-0.15, -0.1) is 0 Å². The van der Waals surface area contributed by atoms with Gasteiger partial charge in [0.15, 0.2) is 5.69 Å². The normalized spacial score (nSPS) is 10.4. The van der Waals surface area contributed by atoms with Crippen molar-refractivity contribution in [1.82, 2.24) is 9.78 Å². The second-order valence-electron chi connectivity index (χ2n) is 6.37. The summed E-state index contributed by atoms with van der Waals surface area (Å²) in [6, 6.07) is 10.6. The Morgan fingerprint density at radius 3 is 2.41 bits per heavy atom. The molecular formula is C22H20FN3O6. The van der Waals surface area contributed by atoms with Crippen LogP contribution in [0.4, 0.5) is 10.1 Å². The second kappa shape index (κ2) is 9.73. The minimum Gasteiger partial charge on any atom is -0.497 e. The highest BCUT2D eigenvalue weighted by atomic mass is 19.1. The predicted molar refractivity (Wildman–Crippen MR) is 113 cm³/mol. The van der Waals surface area contributed by atoms with Crippen LogP contribution in [0.1, 0.15) is 27.8 Å². The molecular weight excluding hydrogens is 421 g/mol. The largest absolute Gasteiger partial charge is 0.497 e. The van der Waals surface area contributed by atoms with Crippen molar-refractivity contribution in [3.63, 3.8) is 0 Å². The van der Waals surface area contributed by atoms with Crippen LogP contribution < -0.4 is 20.3 Å². The Hall–Kier alpha value is -4.21. The van der Waals surface area contributed by atoms with Crippen molar-refractivity contribution >= 4 is 17.6 Å². The van der Waals surface area contributed by atoms with Crippen LogP contribution in [0.25, 0.3) is 5.69 Å². The van der Waals surface area contributed by atoms with Crippen LogP contribution in [0.5, 0.6) is 11.5 Å². The number of amides is 1. The van der Waals surface area contributed by atoms with Crippen LogP contribution >= 0.6 is 0 Å². The van der Waals surface area contributed by atoms with Gasteiger partial charge in [0.25, 0.3) is 11.5 Å². The molecule has 0 aliphatic rings. The summed E-state index contributed by atoms with van der Waals surface area (Å²) in [5.74, 6) is -1.28. The minimum atomic E-state index is -0.847. The highest BCUT2D eigenvalue weighted by Crippen LogP contribution is 2.26. The molecule has 1 heterocycles. The van der Waals surface area contributed by atoms with Gasteiger partial charge in [-0.05, 0) is 43.3 Å². The van der Waals surface area contributed by atoms with Gasteiger partial charge in [0.1, 0.15) is 17.3 Å². The van der Waals surface area contributed by atoms with Gasteiger partial charge < -0.3 is 19.5 Å². The first-order valence-corrected chi connectivity index (χ1v) is 9.48. The molecule has 0 bridgehead atoms. The summed E-state index contributed by atoms with van der Waals surface area (Å²) in [5.41, 5.74) is -0.713. The van der Waals surface area contributed by atoms with Gasteiger partial charge in [0, 0.05) is 12.1 Å². The molecule has 0 saturated heterocycles. The number of aromatic nitrogens is 2. The third kappa shape index (κ3) is 4.75. The number of carbonyl (C=O) groups is 2. The average molecular weight is 441 g/mol. The van der Waals surface area contributed by atoms with Gasteiger partial charge in [-0.2, -0.15) is 9.78 Å². The molecule has 1 amide bonds. The fourth-order valence-corrected chi connectivity index (χ4v) is 2.84. The maximum atomic E-state index is 13.2. The zero-order chi connectivity index (χ0) is 23.3. The lowest BCUT2D eigenvalue weighted by atomic mass is 10.1. The number of methoxy groups -OCH3 is 2. The Morgan fingerprint density at radius 1 is 1.06 bits per heavy atom. The van der Waals surface area contributed by atoms with Gasteiger partial charge in [-0.25, -0.2) is 9.18 Å². The molecule has 1 aromatic heterocycles. The van der Waals surface area contributed by atoms with E-state index < -0.39 is 23.3 Å². The quantitative estimate of drug-likeness (QED) is 0.562. The van der Waals surface area contributed by atoms with Gasteiger partial charge in [-0.1, -0.05) is 0 Å². The number of benzene rings is 2. The molecule has 2 aromatic carbocycles. The molecule has 166 valence electrons. The first-order valence-electron chi connectivity index (χ1n) is 9.48. The zero-order valence-electron chi connectivity index (χ0n) is 17.5. The Morgan fingerprint density at radius 2 is 1.78 bits per heavy atom. The first-order chi connectivity index (χ1) is 15.4. The third-order valence-corrected chi connectivity index (χ3v) is 4.37. The van der Waals surface area contributed by atoms with Gasteiger partial charge >= 0.3 is 5.97 Å². The maximum Gasteiger partial charge on any atom is 0.360 e. The topological polar surface area (TPSA) is 109 Å². The molecule has 0 fully saturated rings. The minimum absolute atomic E-state index is 0.0515. The molecule has 10 heteroatoms. The summed E-state index contributed by atoms with van der Waals surface area (Å²) in [6.07, 6.45) is 0. The van der Waals surface area contributed by atoms with E-state index in [-0.39, 0.29) is 35.0 Å². The van der Waals surface area contributed by atoms with E-state index in [4.69, 9.17) is 14.2 Å². The number of nitrogens with one attached hydrogen (secondary N) is 1. The predicted octanol–water partition coefficient (Wildman–Crippen LogP) is 2.82. The lowest BCUT2D eigenvalue weighted by Gasteiger charge is -2.14. The number of rotatable bonds is 7. The van der Waals surface area contributed by atoms with Crippen molar-refractivity contribution in [2.45, 2.75) is 6.92 Å². The van der Waals surface area contributed by atoms with Crippen LogP contribution in [-0.4, -0.2) is 42.5 Å². The van der Waals surface area contributed by atoms with E-state index in [1.54, 1.807) is 13.0 Å². The summed E-state index contributed by atoms with van der Waals surface area (Å²) in [6.45, 7) is 1.66. The molecule has 0 radical (unpaired) electrons. The van der Waals surface area contributed by atoms with Crippen molar-refractivity contribution in [3.05, 3.63) is 76.0 Å². The van der Waals surface area contributed by atoms with Crippen LogP contribution in [0.2, 0.25) is 0 Å². The zero-order valence-corrected chi connectivity index (χ0v) is 17.5. The van der Waals surface area contributed by atoms with E-state index in [0.717, 1.165) is 22.9 Å². The SMILES string of the molecule is CCOC(=O)c1nn(-c2ccc(F)cc2)c(=O)cc1NC(=O)c1ccc(OC)cc1OC.